The molecule has 150 valence electrons. The Kier molecular flexibility index (Phi) is 5.33. The molecule has 1 heterocycles. The van der Waals surface area contributed by atoms with Gasteiger partial charge in [0.25, 0.3) is 0 Å². The molecule has 3 aromatic carbocycles. The summed E-state index contributed by atoms with van der Waals surface area (Å²) in [6.45, 7) is 3.73. The van der Waals surface area contributed by atoms with Crippen LogP contribution in [0.5, 0.6) is 11.5 Å². The fourth-order valence-electron chi connectivity index (χ4n) is 3.06. The molecule has 4 aromatic rings. The van der Waals surface area contributed by atoms with Crippen LogP contribution in [-0.2, 0) is 0 Å². The molecule has 0 atom stereocenters. The summed E-state index contributed by atoms with van der Waals surface area (Å²) < 4.78 is 19.1. The number of benzene rings is 3. The molecule has 0 fully saturated rings. The van der Waals surface area contributed by atoms with Crippen LogP contribution in [-0.4, -0.2) is 16.1 Å². The molecule has 0 spiro atoms. The summed E-state index contributed by atoms with van der Waals surface area (Å²) in [5.41, 5.74) is 3.81. The number of rotatable bonds is 4. The van der Waals surface area contributed by atoms with Crippen molar-refractivity contribution >= 4 is 39.7 Å². The van der Waals surface area contributed by atoms with Gasteiger partial charge in [0, 0.05) is 0 Å². The molecule has 0 radical (unpaired) electrons. The summed E-state index contributed by atoms with van der Waals surface area (Å²) in [4.78, 5) is 17.0. The topological polar surface area (TPSA) is 59.4 Å². The third-order valence-corrected chi connectivity index (χ3v) is 5.58. The van der Waals surface area contributed by atoms with E-state index < -0.39 is 5.97 Å². The second-order valence-electron chi connectivity index (χ2n) is 6.91. The van der Waals surface area contributed by atoms with Gasteiger partial charge in [-0.2, -0.15) is 0 Å². The average molecular weight is 419 g/mol. The maximum atomic E-state index is 13.0. The van der Waals surface area contributed by atoms with Crippen LogP contribution in [0.4, 0.5) is 4.39 Å². The first-order chi connectivity index (χ1) is 14.4. The molecule has 0 aliphatic heterocycles. The molecular weight excluding hydrogens is 401 g/mol. The Morgan fingerprint density at radius 1 is 1.03 bits per heavy atom. The maximum Gasteiger partial charge on any atom is 0.343 e. The van der Waals surface area contributed by atoms with E-state index >= 15 is 0 Å². The van der Waals surface area contributed by atoms with Crippen LogP contribution in [0.2, 0.25) is 0 Å². The molecule has 0 bridgehead atoms. The lowest BCUT2D eigenvalue weighted by atomic mass is 10.1. The smallest absolute Gasteiger partial charge is 0.343 e. The number of carbonyl (C=O) groups excluding carboxylic acids is 1. The number of esters is 1. The van der Waals surface area contributed by atoms with E-state index in [1.165, 1.54) is 35.6 Å². The van der Waals surface area contributed by atoms with Crippen molar-refractivity contribution in [2.24, 2.45) is 0 Å². The Labute approximate surface area is 176 Å². The monoisotopic (exact) mass is 419 g/mol. The van der Waals surface area contributed by atoms with Crippen LogP contribution in [0.3, 0.4) is 0 Å². The van der Waals surface area contributed by atoms with E-state index in [4.69, 9.17) is 4.74 Å². The molecular formula is C24H18FNO3S. The van der Waals surface area contributed by atoms with E-state index in [2.05, 4.69) is 4.98 Å². The van der Waals surface area contributed by atoms with Gasteiger partial charge in [0.1, 0.15) is 22.3 Å². The minimum absolute atomic E-state index is 0.286. The number of hydrogen-bond donors (Lipinski definition) is 1. The number of fused-ring (bicyclic) bond motifs is 1. The number of phenolic OH excluding ortho intramolecular Hbond substituents is 1. The number of ether oxygens (including phenoxy) is 1. The van der Waals surface area contributed by atoms with E-state index in [0.717, 1.165) is 31.9 Å². The second-order valence-corrected chi connectivity index (χ2v) is 7.98. The zero-order valence-corrected chi connectivity index (χ0v) is 17.2. The molecule has 0 saturated heterocycles. The predicted octanol–water partition coefficient (Wildman–Crippen LogP) is 6.15. The van der Waals surface area contributed by atoms with E-state index in [1.807, 2.05) is 38.1 Å². The number of phenols is 1. The molecule has 1 aromatic heterocycles. The molecule has 0 saturated carbocycles. The molecule has 0 aliphatic rings. The van der Waals surface area contributed by atoms with Crippen molar-refractivity contribution in [1.29, 1.82) is 0 Å². The van der Waals surface area contributed by atoms with Crippen molar-refractivity contribution in [1.82, 2.24) is 4.98 Å². The zero-order chi connectivity index (χ0) is 21.3. The first-order valence-electron chi connectivity index (χ1n) is 9.26. The average Bonchev–Trinajstić information content (AvgIpc) is 3.14. The molecule has 0 unspecified atom stereocenters. The van der Waals surface area contributed by atoms with E-state index in [-0.39, 0.29) is 11.6 Å². The van der Waals surface area contributed by atoms with E-state index in [9.17, 15) is 14.3 Å². The fourth-order valence-corrected chi connectivity index (χ4v) is 3.97. The van der Waals surface area contributed by atoms with Gasteiger partial charge in [-0.15, -0.1) is 11.3 Å². The van der Waals surface area contributed by atoms with Crippen LogP contribution >= 0.6 is 11.3 Å². The van der Waals surface area contributed by atoms with Crippen LogP contribution in [0, 0.1) is 19.7 Å². The van der Waals surface area contributed by atoms with Crippen molar-refractivity contribution < 1.29 is 19.0 Å². The number of aromatic nitrogens is 1. The maximum absolute atomic E-state index is 13.0. The number of hydrogen-bond acceptors (Lipinski definition) is 5. The summed E-state index contributed by atoms with van der Waals surface area (Å²) in [5.74, 6) is -0.302. The van der Waals surface area contributed by atoms with Crippen molar-refractivity contribution in [2.45, 2.75) is 13.8 Å². The predicted molar refractivity (Wildman–Crippen MR) is 117 cm³/mol. The first-order valence-corrected chi connectivity index (χ1v) is 10.1. The molecule has 0 aliphatic carbocycles. The van der Waals surface area contributed by atoms with E-state index in [0.29, 0.717) is 11.3 Å². The lowest BCUT2D eigenvalue weighted by molar-refractivity contribution is 0.0735. The normalized spacial score (nSPS) is 11.3. The summed E-state index contributed by atoms with van der Waals surface area (Å²) in [7, 11) is 0. The lowest BCUT2D eigenvalue weighted by Crippen LogP contribution is -2.08. The minimum atomic E-state index is -0.510. The highest BCUT2D eigenvalue weighted by Crippen LogP contribution is 2.27. The van der Waals surface area contributed by atoms with Crippen molar-refractivity contribution in [3.63, 3.8) is 0 Å². The highest BCUT2D eigenvalue weighted by Gasteiger charge is 2.11. The van der Waals surface area contributed by atoms with Gasteiger partial charge < -0.3 is 9.84 Å². The molecule has 4 rings (SSSR count). The Bertz CT molecular complexity index is 1250. The quantitative estimate of drug-likeness (QED) is 0.318. The Balaban J connectivity index is 1.55. The molecule has 0 amide bonds. The van der Waals surface area contributed by atoms with Gasteiger partial charge in [-0.05, 0) is 91.2 Å². The highest BCUT2D eigenvalue weighted by atomic mass is 32.1. The number of carbonyl (C=O) groups is 1. The largest absolute Gasteiger partial charge is 0.507 e. The Morgan fingerprint density at radius 2 is 1.73 bits per heavy atom. The van der Waals surface area contributed by atoms with Gasteiger partial charge in [0.15, 0.2) is 0 Å². The van der Waals surface area contributed by atoms with Gasteiger partial charge in [-0.1, -0.05) is 6.08 Å². The highest BCUT2D eigenvalue weighted by molar-refractivity contribution is 7.19. The zero-order valence-electron chi connectivity index (χ0n) is 16.3. The van der Waals surface area contributed by atoms with Crippen LogP contribution in [0.15, 0.2) is 54.6 Å². The van der Waals surface area contributed by atoms with Crippen LogP contribution in [0.1, 0.15) is 32.1 Å². The summed E-state index contributed by atoms with van der Waals surface area (Å²) >= 11 is 1.46. The number of nitrogens with zero attached hydrogens (tertiary/aromatic N) is 1. The third-order valence-electron chi connectivity index (χ3n) is 4.60. The number of aromatic hydroxyl groups is 1. The number of aryl methyl sites for hydroxylation is 2. The summed E-state index contributed by atoms with van der Waals surface area (Å²) in [5, 5.41) is 10.7. The van der Waals surface area contributed by atoms with Gasteiger partial charge in [0.2, 0.25) is 0 Å². The molecule has 30 heavy (non-hydrogen) atoms. The van der Waals surface area contributed by atoms with Gasteiger partial charge in [-0.25, -0.2) is 14.2 Å². The van der Waals surface area contributed by atoms with Gasteiger partial charge in [0.05, 0.1) is 15.8 Å². The summed E-state index contributed by atoms with van der Waals surface area (Å²) in [6.07, 6.45) is 3.85. The van der Waals surface area contributed by atoms with Crippen LogP contribution < -0.4 is 4.74 Å². The Morgan fingerprint density at radius 3 is 2.43 bits per heavy atom. The lowest BCUT2D eigenvalue weighted by Gasteiger charge is -2.04. The van der Waals surface area contributed by atoms with E-state index in [1.54, 1.807) is 18.2 Å². The van der Waals surface area contributed by atoms with Crippen molar-refractivity contribution in [3.05, 3.63) is 87.7 Å². The molecule has 4 nitrogen and oxygen atoms in total. The Hall–Kier alpha value is -3.51. The van der Waals surface area contributed by atoms with Gasteiger partial charge >= 0.3 is 5.97 Å². The third kappa shape index (κ3) is 4.23. The molecule has 6 heteroatoms. The summed E-state index contributed by atoms with van der Waals surface area (Å²) in [6, 6.07) is 14.3. The van der Waals surface area contributed by atoms with Crippen molar-refractivity contribution in [3.8, 4) is 11.5 Å². The van der Waals surface area contributed by atoms with Gasteiger partial charge in [-0.3, -0.25) is 0 Å². The van der Waals surface area contributed by atoms with Crippen LogP contribution in [0.25, 0.3) is 22.4 Å². The SMILES string of the molecule is Cc1cc(C=Cc2nc3ccc(C(=O)Oc4ccc(F)cc4)cc3s2)cc(C)c1O. The number of thiazole rings is 1. The number of halogens is 1. The minimum Gasteiger partial charge on any atom is -0.507 e. The standard InChI is InChI=1S/C24H18FNO3S/c1-14-11-16(12-15(2)23(14)27)3-10-22-26-20-9-4-17(13-21(20)30-22)24(28)29-19-7-5-18(25)6-8-19/h3-13,27H,1-2H3. The molecule has 1 N–H and O–H groups in total. The second kappa shape index (κ2) is 8.08. The first kappa shape index (κ1) is 19.8. The fraction of sp³-hybridized carbons (Fsp3) is 0.0833. The van der Waals surface area contributed by atoms with Crippen molar-refractivity contribution in [2.75, 3.05) is 0 Å².